The van der Waals surface area contributed by atoms with E-state index in [1.807, 2.05) is 70.5 Å². The van der Waals surface area contributed by atoms with Crippen LogP contribution in [0.1, 0.15) is 79.1 Å². The molecule has 1 aliphatic carbocycles. The summed E-state index contributed by atoms with van der Waals surface area (Å²) in [5.74, 6) is -0.288. The molecular formula is C38H48N6O6S. The first kappa shape index (κ1) is 35.3. The molecule has 3 aliphatic rings. The Balaban J connectivity index is 1.24. The number of methoxy groups -OCH3 is 1. The van der Waals surface area contributed by atoms with Gasteiger partial charge in [-0.1, -0.05) is 18.2 Å². The number of likely N-dealkylation sites (tertiary alicyclic amines) is 1. The second-order valence-electron chi connectivity index (χ2n) is 15.1. The van der Waals surface area contributed by atoms with E-state index in [-0.39, 0.29) is 29.8 Å². The van der Waals surface area contributed by atoms with Gasteiger partial charge in [0.25, 0.3) is 0 Å². The second kappa shape index (κ2) is 13.2. The maximum Gasteiger partial charge on any atom is 0.312 e. The van der Waals surface area contributed by atoms with Gasteiger partial charge in [0.05, 0.1) is 24.8 Å². The van der Waals surface area contributed by atoms with Crippen molar-refractivity contribution < 1.29 is 27.4 Å². The minimum absolute atomic E-state index is 0.0566. The average molecular weight is 717 g/mol. The van der Waals surface area contributed by atoms with Crippen molar-refractivity contribution in [2.75, 3.05) is 39.9 Å². The van der Waals surface area contributed by atoms with Crippen molar-refractivity contribution >= 4 is 27.0 Å². The quantitative estimate of drug-likeness (QED) is 0.202. The van der Waals surface area contributed by atoms with Crippen LogP contribution in [0.3, 0.4) is 0 Å². The number of fused-ring (bicyclic) bond motifs is 2. The maximum atomic E-state index is 14.5. The molecule has 4 aromatic rings. The van der Waals surface area contributed by atoms with Crippen molar-refractivity contribution in [3.8, 4) is 11.8 Å². The molecule has 0 radical (unpaired) electrons. The number of carbonyl (C=O) groups excluding carboxylic acids is 1. The smallest absolute Gasteiger partial charge is 0.312 e. The molecule has 272 valence electrons. The van der Waals surface area contributed by atoms with E-state index in [2.05, 4.69) is 26.1 Å². The number of ether oxygens (including phenoxy) is 3. The molecule has 2 aliphatic heterocycles. The Hall–Kier alpha value is -4.07. The molecule has 12 nitrogen and oxygen atoms in total. The Bertz CT molecular complexity index is 2100. The highest BCUT2D eigenvalue weighted by molar-refractivity contribution is 7.89. The molecule has 5 heterocycles. The number of benzene rings is 1. The Kier molecular flexibility index (Phi) is 9.12. The lowest BCUT2D eigenvalue weighted by Crippen LogP contribution is -2.38. The highest BCUT2D eigenvalue weighted by Gasteiger charge is 2.53. The molecule has 0 amide bonds. The van der Waals surface area contributed by atoms with Gasteiger partial charge in [-0.15, -0.1) is 5.10 Å². The van der Waals surface area contributed by atoms with Crippen LogP contribution in [0, 0.1) is 26.2 Å². The first-order chi connectivity index (χ1) is 24.2. The van der Waals surface area contributed by atoms with Crippen molar-refractivity contribution in [1.29, 1.82) is 0 Å². The fourth-order valence-corrected chi connectivity index (χ4v) is 9.28. The number of hydrogen-bond acceptors (Lipinski definition) is 10. The van der Waals surface area contributed by atoms with Gasteiger partial charge in [-0.05, 0) is 108 Å². The van der Waals surface area contributed by atoms with Crippen LogP contribution in [0.2, 0.25) is 0 Å². The molecule has 2 fully saturated rings. The lowest BCUT2D eigenvalue weighted by atomic mass is 9.72. The van der Waals surface area contributed by atoms with E-state index in [4.69, 9.17) is 14.2 Å². The van der Waals surface area contributed by atoms with Gasteiger partial charge in [-0.3, -0.25) is 9.69 Å². The van der Waals surface area contributed by atoms with E-state index in [0.29, 0.717) is 23.7 Å². The normalized spacial score (nSPS) is 19.0. The summed E-state index contributed by atoms with van der Waals surface area (Å²) < 4.78 is 50.3. The minimum atomic E-state index is -4.01. The van der Waals surface area contributed by atoms with Crippen molar-refractivity contribution in [2.24, 2.45) is 12.5 Å². The van der Waals surface area contributed by atoms with Gasteiger partial charge in [0, 0.05) is 42.7 Å². The number of pyridine rings is 1. The lowest BCUT2D eigenvalue weighted by Gasteiger charge is -2.33. The van der Waals surface area contributed by atoms with Gasteiger partial charge < -0.3 is 18.8 Å². The van der Waals surface area contributed by atoms with E-state index in [1.54, 1.807) is 6.07 Å². The van der Waals surface area contributed by atoms with E-state index < -0.39 is 27.0 Å². The summed E-state index contributed by atoms with van der Waals surface area (Å²) in [6.45, 7) is 13.2. The SMILES string of the molecule is COC(=O)C(C)(C)C(c1ccc(C)c(CN2CC3(CC3)Oc3nc(OCCN4CCCC4)c(C)cc3S2(=O)=O)c1)c1cc2cc(C)nnc2n1C. The minimum Gasteiger partial charge on any atom is -0.476 e. The van der Waals surface area contributed by atoms with Crippen molar-refractivity contribution in [3.05, 3.63) is 70.0 Å². The van der Waals surface area contributed by atoms with Crippen LogP contribution in [0.15, 0.2) is 41.3 Å². The Labute approximate surface area is 300 Å². The van der Waals surface area contributed by atoms with Crippen LogP contribution >= 0.6 is 0 Å². The zero-order valence-corrected chi connectivity index (χ0v) is 31.5. The van der Waals surface area contributed by atoms with Gasteiger partial charge in [0.15, 0.2) is 5.65 Å². The molecular weight excluding hydrogens is 669 g/mol. The van der Waals surface area contributed by atoms with Crippen molar-refractivity contribution in [2.45, 2.75) is 83.3 Å². The Morgan fingerprint density at radius 2 is 1.78 bits per heavy atom. The first-order valence-electron chi connectivity index (χ1n) is 17.8. The standard InChI is InChI=1S/C38H48N6O6S/c1-24-10-11-27(32(37(4,5)36(45)48-7)30-21-28-19-26(3)40-41-33(28)42(30)6)20-29(24)22-44-23-38(12-13-38)50-35-31(51(44,46)47)18-25(2)34(39-35)49-17-16-43-14-8-9-15-43/h10-11,18-21,32H,8-9,12-17,22-23H2,1-7H3. The fraction of sp³-hybridized carbons (Fsp3) is 0.526. The van der Waals surface area contributed by atoms with Crippen LogP contribution in [0.5, 0.6) is 11.8 Å². The first-order valence-corrected chi connectivity index (χ1v) is 19.2. The number of carbonyl (C=O) groups is 1. The molecule has 1 unspecified atom stereocenters. The summed E-state index contributed by atoms with van der Waals surface area (Å²) in [4.78, 5) is 20.5. The number of aryl methyl sites for hydroxylation is 4. The molecule has 1 aromatic carbocycles. The average Bonchev–Trinajstić information content (AvgIpc) is 3.51. The maximum absolute atomic E-state index is 14.5. The van der Waals surface area contributed by atoms with Crippen LogP contribution < -0.4 is 9.47 Å². The van der Waals surface area contributed by atoms with Crippen molar-refractivity contribution in [3.63, 3.8) is 0 Å². The number of hydrogen-bond donors (Lipinski definition) is 0. The van der Waals surface area contributed by atoms with E-state index in [0.717, 1.165) is 65.9 Å². The fourth-order valence-electron chi connectivity index (χ4n) is 7.65. The molecule has 0 N–H and O–H groups in total. The molecule has 1 saturated heterocycles. The second-order valence-corrected chi connectivity index (χ2v) is 17.0. The molecule has 3 aromatic heterocycles. The van der Waals surface area contributed by atoms with Gasteiger partial charge in [0.2, 0.25) is 21.8 Å². The lowest BCUT2D eigenvalue weighted by molar-refractivity contribution is -0.151. The topological polar surface area (TPSA) is 129 Å². The molecule has 7 rings (SSSR count). The summed E-state index contributed by atoms with van der Waals surface area (Å²) in [6, 6.07) is 11.7. The molecule has 13 heteroatoms. The largest absolute Gasteiger partial charge is 0.476 e. The van der Waals surface area contributed by atoms with Crippen LogP contribution in [0.25, 0.3) is 11.0 Å². The summed E-state index contributed by atoms with van der Waals surface area (Å²) in [5, 5.41) is 9.62. The third-order valence-electron chi connectivity index (χ3n) is 10.9. The summed E-state index contributed by atoms with van der Waals surface area (Å²) >= 11 is 0. The van der Waals surface area contributed by atoms with E-state index >= 15 is 0 Å². The summed E-state index contributed by atoms with van der Waals surface area (Å²) in [6.07, 6.45) is 3.87. The number of rotatable bonds is 10. The Morgan fingerprint density at radius 3 is 2.49 bits per heavy atom. The van der Waals surface area contributed by atoms with Gasteiger partial charge in [0.1, 0.15) is 17.1 Å². The highest BCUT2D eigenvalue weighted by atomic mass is 32.2. The van der Waals surface area contributed by atoms with Crippen LogP contribution in [-0.4, -0.2) is 88.8 Å². The molecule has 1 atom stereocenters. The summed E-state index contributed by atoms with van der Waals surface area (Å²) in [7, 11) is -0.686. The van der Waals surface area contributed by atoms with Gasteiger partial charge >= 0.3 is 5.97 Å². The van der Waals surface area contributed by atoms with E-state index in [9.17, 15) is 13.2 Å². The highest BCUT2D eigenvalue weighted by Crippen LogP contribution is 2.48. The van der Waals surface area contributed by atoms with Crippen molar-refractivity contribution in [1.82, 2.24) is 29.0 Å². The predicted molar refractivity (Wildman–Crippen MR) is 192 cm³/mol. The van der Waals surface area contributed by atoms with Gasteiger partial charge in [-0.2, -0.15) is 14.4 Å². The monoisotopic (exact) mass is 716 g/mol. The molecule has 1 saturated carbocycles. The zero-order chi connectivity index (χ0) is 36.3. The van der Waals surface area contributed by atoms with E-state index in [1.165, 1.54) is 24.3 Å². The predicted octanol–water partition coefficient (Wildman–Crippen LogP) is 5.21. The number of nitrogens with zero attached hydrogens (tertiary/aromatic N) is 6. The summed E-state index contributed by atoms with van der Waals surface area (Å²) in [5.41, 5.74) is 4.04. The third-order valence-corrected chi connectivity index (χ3v) is 12.6. The molecule has 0 bridgehead atoms. The number of esters is 1. The Morgan fingerprint density at radius 1 is 1.04 bits per heavy atom. The van der Waals surface area contributed by atoms with Crippen LogP contribution in [0.4, 0.5) is 0 Å². The molecule has 1 spiro atoms. The number of aromatic nitrogens is 4. The molecule has 51 heavy (non-hydrogen) atoms. The third kappa shape index (κ3) is 6.60. The number of sulfonamides is 1. The van der Waals surface area contributed by atoms with Crippen LogP contribution in [-0.2, 0) is 33.1 Å². The zero-order valence-electron chi connectivity index (χ0n) is 30.7. The van der Waals surface area contributed by atoms with Gasteiger partial charge in [-0.25, -0.2) is 8.42 Å².